The predicted octanol–water partition coefficient (Wildman–Crippen LogP) is 4.23. The number of hydrogen-bond donors (Lipinski definition) is 1. The summed E-state index contributed by atoms with van der Waals surface area (Å²) in [6, 6.07) is 11.3. The van der Waals surface area contributed by atoms with Gasteiger partial charge in [-0.25, -0.2) is 8.78 Å². The average Bonchev–Trinajstić information content (AvgIpc) is 2.36. The van der Waals surface area contributed by atoms with Gasteiger partial charge in [0, 0.05) is 16.6 Å². The fourth-order valence-corrected chi connectivity index (χ4v) is 2.49. The van der Waals surface area contributed by atoms with E-state index in [1.165, 1.54) is 12.1 Å². The lowest BCUT2D eigenvalue weighted by Gasteiger charge is -2.18. The molecule has 1 unspecified atom stereocenters. The van der Waals surface area contributed by atoms with Crippen molar-refractivity contribution in [3.63, 3.8) is 0 Å². The van der Waals surface area contributed by atoms with Crippen LogP contribution in [-0.4, -0.2) is 7.05 Å². The van der Waals surface area contributed by atoms with Gasteiger partial charge in [0.25, 0.3) is 0 Å². The van der Waals surface area contributed by atoms with Crippen LogP contribution in [-0.2, 0) is 6.42 Å². The summed E-state index contributed by atoms with van der Waals surface area (Å²) >= 11 is 3.48. The second-order valence-corrected chi connectivity index (χ2v) is 5.19. The second kappa shape index (κ2) is 6.26. The van der Waals surface area contributed by atoms with Gasteiger partial charge in [-0.05, 0) is 42.8 Å². The molecule has 2 aromatic carbocycles. The summed E-state index contributed by atoms with van der Waals surface area (Å²) < 4.78 is 27.5. The predicted molar refractivity (Wildman–Crippen MR) is 76.0 cm³/mol. The Balaban J connectivity index is 2.28. The van der Waals surface area contributed by atoms with Crippen molar-refractivity contribution in [2.75, 3.05) is 7.05 Å². The molecule has 2 rings (SSSR count). The highest BCUT2D eigenvalue weighted by atomic mass is 79.9. The van der Waals surface area contributed by atoms with E-state index in [0.29, 0.717) is 12.0 Å². The van der Waals surface area contributed by atoms with E-state index in [1.807, 2.05) is 24.3 Å². The van der Waals surface area contributed by atoms with E-state index in [1.54, 1.807) is 7.05 Å². The van der Waals surface area contributed by atoms with Gasteiger partial charge >= 0.3 is 0 Å². The Hall–Kier alpha value is -1.26. The van der Waals surface area contributed by atoms with Gasteiger partial charge in [0.1, 0.15) is 11.6 Å². The molecule has 0 fully saturated rings. The lowest BCUT2D eigenvalue weighted by atomic mass is 9.99. The van der Waals surface area contributed by atoms with E-state index in [0.717, 1.165) is 16.1 Å². The molecule has 0 heterocycles. The molecule has 0 saturated heterocycles. The van der Waals surface area contributed by atoms with E-state index in [2.05, 4.69) is 21.2 Å². The average molecular weight is 326 g/mol. The molecule has 1 atom stereocenters. The number of rotatable bonds is 4. The highest BCUT2D eigenvalue weighted by molar-refractivity contribution is 9.10. The lowest BCUT2D eigenvalue weighted by molar-refractivity contribution is 0.551. The van der Waals surface area contributed by atoms with Gasteiger partial charge in [-0.3, -0.25) is 0 Å². The number of halogens is 3. The summed E-state index contributed by atoms with van der Waals surface area (Å²) in [6.45, 7) is 0. The topological polar surface area (TPSA) is 12.0 Å². The van der Waals surface area contributed by atoms with Crippen LogP contribution in [0.2, 0.25) is 0 Å². The Labute approximate surface area is 119 Å². The smallest absolute Gasteiger partial charge is 0.126 e. The summed E-state index contributed by atoms with van der Waals surface area (Å²) in [5, 5.41) is 3.09. The first-order chi connectivity index (χ1) is 9.10. The first-order valence-electron chi connectivity index (χ1n) is 5.97. The third-order valence-corrected chi connectivity index (χ3v) is 3.79. The summed E-state index contributed by atoms with van der Waals surface area (Å²) in [7, 11) is 1.78. The monoisotopic (exact) mass is 325 g/mol. The van der Waals surface area contributed by atoms with E-state index in [9.17, 15) is 8.78 Å². The van der Waals surface area contributed by atoms with Crippen molar-refractivity contribution in [3.05, 3.63) is 69.7 Å². The molecule has 0 aliphatic rings. The molecule has 0 aliphatic heterocycles. The van der Waals surface area contributed by atoms with E-state index < -0.39 is 11.6 Å². The molecule has 2 aromatic rings. The molecule has 0 amide bonds. The molecule has 0 radical (unpaired) electrons. The van der Waals surface area contributed by atoms with Crippen LogP contribution in [0.4, 0.5) is 8.78 Å². The van der Waals surface area contributed by atoms with Crippen LogP contribution in [0, 0.1) is 11.6 Å². The Kier molecular flexibility index (Phi) is 4.66. The molecule has 1 N–H and O–H groups in total. The number of benzene rings is 2. The summed E-state index contributed by atoms with van der Waals surface area (Å²) in [6.07, 6.45) is 0.654. The van der Waals surface area contributed by atoms with Gasteiger partial charge in [0.05, 0.1) is 0 Å². The van der Waals surface area contributed by atoms with Crippen molar-refractivity contribution in [2.45, 2.75) is 12.5 Å². The normalized spacial score (nSPS) is 12.4. The quantitative estimate of drug-likeness (QED) is 0.887. The zero-order valence-electron chi connectivity index (χ0n) is 10.5. The van der Waals surface area contributed by atoms with Crippen LogP contribution < -0.4 is 5.32 Å². The van der Waals surface area contributed by atoms with Gasteiger partial charge in [-0.15, -0.1) is 0 Å². The number of nitrogens with one attached hydrogen (secondary N) is 1. The molecule has 0 bridgehead atoms. The van der Waals surface area contributed by atoms with Crippen molar-refractivity contribution >= 4 is 15.9 Å². The first kappa shape index (κ1) is 14.2. The molecule has 0 spiro atoms. The Morgan fingerprint density at radius 2 is 1.74 bits per heavy atom. The fraction of sp³-hybridized carbons (Fsp3) is 0.200. The van der Waals surface area contributed by atoms with Crippen molar-refractivity contribution in [3.8, 4) is 0 Å². The molecule has 0 aromatic heterocycles. The number of likely N-dealkylation sites (N-methyl/N-ethyl adjacent to an activating group) is 1. The molecule has 100 valence electrons. The van der Waals surface area contributed by atoms with E-state index >= 15 is 0 Å². The third-order valence-electron chi connectivity index (χ3n) is 3.02. The largest absolute Gasteiger partial charge is 0.313 e. The minimum absolute atomic E-state index is 0.135. The molecule has 0 aliphatic carbocycles. The van der Waals surface area contributed by atoms with E-state index in [-0.39, 0.29) is 6.04 Å². The maximum atomic E-state index is 13.3. The Morgan fingerprint density at radius 3 is 2.32 bits per heavy atom. The van der Waals surface area contributed by atoms with Gasteiger partial charge in [0.15, 0.2) is 0 Å². The van der Waals surface area contributed by atoms with Crippen molar-refractivity contribution in [2.24, 2.45) is 0 Å². The van der Waals surface area contributed by atoms with Crippen LogP contribution in [0.1, 0.15) is 17.2 Å². The SMILES string of the molecule is CNC(Cc1ccccc1Br)c1cc(F)cc(F)c1. The standard InChI is InChI=1S/C15H14BrF2N/c1-19-15(8-10-4-2-3-5-14(10)16)11-6-12(17)9-13(18)7-11/h2-7,9,15,19H,8H2,1H3. The highest BCUT2D eigenvalue weighted by Gasteiger charge is 2.13. The zero-order chi connectivity index (χ0) is 13.8. The van der Waals surface area contributed by atoms with Crippen molar-refractivity contribution in [1.82, 2.24) is 5.32 Å². The summed E-state index contributed by atoms with van der Waals surface area (Å²) in [5.74, 6) is -1.11. The van der Waals surface area contributed by atoms with Crippen molar-refractivity contribution in [1.29, 1.82) is 0 Å². The van der Waals surface area contributed by atoms with Gasteiger partial charge in [-0.2, -0.15) is 0 Å². The molecular weight excluding hydrogens is 312 g/mol. The first-order valence-corrected chi connectivity index (χ1v) is 6.76. The maximum Gasteiger partial charge on any atom is 0.126 e. The van der Waals surface area contributed by atoms with Crippen LogP contribution in [0.25, 0.3) is 0 Å². The zero-order valence-corrected chi connectivity index (χ0v) is 12.0. The minimum atomic E-state index is -0.553. The minimum Gasteiger partial charge on any atom is -0.313 e. The molecule has 19 heavy (non-hydrogen) atoms. The van der Waals surface area contributed by atoms with Gasteiger partial charge in [-0.1, -0.05) is 34.1 Å². The second-order valence-electron chi connectivity index (χ2n) is 4.34. The third kappa shape index (κ3) is 3.61. The fourth-order valence-electron chi connectivity index (χ4n) is 2.05. The maximum absolute atomic E-state index is 13.3. The molecule has 0 saturated carbocycles. The molecular formula is C15H14BrF2N. The molecule has 1 nitrogen and oxygen atoms in total. The highest BCUT2D eigenvalue weighted by Crippen LogP contribution is 2.24. The van der Waals surface area contributed by atoms with Crippen LogP contribution in [0.15, 0.2) is 46.9 Å². The summed E-state index contributed by atoms with van der Waals surface area (Å²) in [5.41, 5.74) is 1.70. The van der Waals surface area contributed by atoms with E-state index in [4.69, 9.17) is 0 Å². The lowest BCUT2D eigenvalue weighted by Crippen LogP contribution is -2.19. The van der Waals surface area contributed by atoms with Crippen LogP contribution in [0.5, 0.6) is 0 Å². The number of hydrogen-bond acceptors (Lipinski definition) is 1. The van der Waals surface area contributed by atoms with Crippen molar-refractivity contribution < 1.29 is 8.78 Å². The summed E-state index contributed by atoms with van der Waals surface area (Å²) in [4.78, 5) is 0. The Morgan fingerprint density at radius 1 is 1.11 bits per heavy atom. The Bertz CT molecular complexity index is 552. The van der Waals surface area contributed by atoms with Gasteiger partial charge < -0.3 is 5.32 Å². The molecule has 4 heteroatoms. The van der Waals surface area contributed by atoms with Crippen LogP contribution in [0.3, 0.4) is 0 Å². The van der Waals surface area contributed by atoms with Crippen LogP contribution >= 0.6 is 15.9 Å². The van der Waals surface area contributed by atoms with Gasteiger partial charge in [0.2, 0.25) is 0 Å².